The topological polar surface area (TPSA) is 29.5 Å². The zero-order valence-electron chi connectivity index (χ0n) is 8.12. The van der Waals surface area contributed by atoms with Crippen LogP contribution in [0.25, 0.3) is 0 Å². The van der Waals surface area contributed by atoms with E-state index in [1.807, 2.05) is 0 Å². The highest BCUT2D eigenvalue weighted by molar-refractivity contribution is 6.30. The Morgan fingerprint density at radius 2 is 2.20 bits per heavy atom. The Hall–Kier alpha value is -0.800. The highest BCUT2D eigenvalue weighted by Gasteiger charge is 2.26. The molecule has 0 aliphatic heterocycles. The van der Waals surface area contributed by atoms with Gasteiger partial charge >= 0.3 is 0 Å². The van der Waals surface area contributed by atoms with Gasteiger partial charge in [0.15, 0.2) is 0 Å². The molecule has 0 aromatic heterocycles. The summed E-state index contributed by atoms with van der Waals surface area (Å²) in [5.74, 6) is -0.0792. The van der Waals surface area contributed by atoms with Crippen molar-refractivity contribution in [2.45, 2.75) is 31.5 Å². The van der Waals surface area contributed by atoms with Gasteiger partial charge in [-0.05, 0) is 31.4 Å². The van der Waals surface area contributed by atoms with Crippen LogP contribution in [0.1, 0.15) is 19.3 Å². The minimum Gasteiger partial charge on any atom is -0.488 e. The highest BCUT2D eigenvalue weighted by atomic mass is 35.5. The van der Waals surface area contributed by atoms with E-state index in [1.54, 1.807) is 6.07 Å². The van der Waals surface area contributed by atoms with Gasteiger partial charge in [-0.25, -0.2) is 4.39 Å². The van der Waals surface area contributed by atoms with E-state index in [0.717, 1.165) is 19.3 Å². The maximum atomic E-state index is 13.1. The van der Waals surface area contributed by atoms with Crippen molar-refractivity contribution in [2.24, 2.45) is 0 Å². The van der Waals surface area contributed by atoms with Gasteiger partial charge in [0.1, 0.15) is 17.7 Å². The zero-order valence-corrected chi connectivity index (χ0v) is 8.88. The summed E-state index contributed by atoms with van der Waals surface area (Å²) in [6.45, 7) is 0. The molecule has 2 atom stereocenters. The highest BCUT2D eigenvalue weighted by Crippen LogP contribution is 2.26. The molecule has 0 radical (unpaired) electrons. The van der Waals surface area contributed by atoms with Crippen LogP contribution >= 0.6 is 11.6 Å². The van der Waals surface area contributed by atoms with Gasteiger partial charge in [0.2, 0.25) is 0 Å². The standard InChI is InChI=1S/C11H12ClFO2/c12-8-5-4-7(6-9(8)13)15-11-3-1-2-10(11)14/h4-6,10-11,14H,1-3H2/t10-,11-/m0/s1. The molecule has 0 amide bonds. The molecule has 15 heavy (non-hydrogen) atoms. The Morgan fingerprint density at radius 1 is 1.40 bits per heavy atom. The van der Waals surface area contributed by atoms with Gasteiger partial charge in [-0.3, -0.25) is 0 Å². The lowest BCUT2D eigenvalue weighted by molar-refractivity contribution is 0.0602. The molecular weight excluding hydrogens is 219 g/mol. The van der Waals surface area contributed by atoms with Gasteiger partial charge in [-0.15, -0.1) is 0 Å². The van der Waals surface area contributed by atoms with Crippen LogP contribution in [0.15, 0.2) is 18.2 Å². The van der Waals surface area contributed by atoms with Crippen molar-refractivity contribution >= 4 is 11.6 Å². The van der Waals surface area contributed by atoms with Crippen LogP contribution in [0.4, 0.5) is 4.39 Å². The summed E-state index contributed by atoms with van der Waals surface area (Å²) in [6, 6.07) is 4.30. The molecule has 1 aromatic rings. The average molecular weight is 231 g/mol. The number of aliphatic hydroxyl groups is 1. The Morgan fingerprint density at radius 3 is 2.80 bits per heavy atom. The maximum absolute atomic E-state index is 13.1. The smallest absolute Gasteiger partial charge is 0.145 e. The van der Waals surface area contributed by atoms with E-state index in [9.17, 15) is 9.50 Å². The van der Waals surface area contributed by atoms with E-state index >= 15 is 0 Å². The largest absolute Gasteiger partial charge is 0.488 e. The molecule has 1 N–H and O–H groups in total. The molecule has 1 aromatic carbocycles. The number of rotatable bonds is 2. The van der Waals surface area contributed by atoms with Crippen molar-refractivity contribution in [2.75, 3.05) is 0 Å². The molecule has 1 fully saturated rings. The molecule has 2 rings (SSSR count). The zero-order chi connectivity index (χ0) is 10.8. The first kappa shape index (κ1) is 10.7. The second-order valence-electron chi connectivity index (χ2n) is 3.73. The SMILES string of the molecule is O[C@H]1CCC[C@@H]1Oc1ccc(Cl)c(F)c1. The quantitative estimate of drug-likeness (QED) is 0.847. The summed E-state index contributed by atoms with van der Waals surface area (Å²) >= 11 is 5.55. The molecule has 1 aliphatic carbocycles. The molecule has 0 unspecified atom stereocenters. The first-order valence-electron chi connectivity index (χ1n) is 4.96. The minimum absolute atomic E-state index is 0.0781. The Balaban J connectivity index is 2.07. The third kappa shape index (κ3) is 2.41. The van der Waals surface area contributed by atoms with Crippen LogP contribution in [0, 0.1) is 5.82 Å². The Bertz CT molecular complexity index is 356. The van der Waals surface area contributed by atoms with Gasteiger partial charge in [0, 0.05) is 6.07 Å². The second kappa shape index (κ2) is 4.37. The lowest BCUT2D eigenvalue weighted by Gasteiger charge is -2.17. The summed E-state index contributed by atoms with van der Waals surface area (Å²) < 4.78 is 18.6. The number of halogens is 2. The third-order valence-corrected chi connectivity index (χ3v) is 2.90. The van der Waals surface area contributed by atoms with Crippen LogP contribution in [-0.4, -0.2) is 17.3 Å². The van der Waals surface area contributed by atoms with Crippen molar-refractivity contribution < 1.29 is 14.2 Å². The van der Waals surface area contributed by atoms with Gasteiger partial charge in [0.05, 0.1) is 11.1 Å². The minimum atomic E-state index is -0.498. The first-order chi connectivity index (χ1) is 7.16. The molecule has 1 aliphatic rings. The lowest BCUT2D eigenvalue weighted by atomic mass is 10.2. The predicted molar refractivity (Wildman–Crippen MR) is 55.7 cm³/mol. The molecule has 1 saturated carbocycles. The van der Waals surface area contributed by atoms with E-state index in [1.165, 1.54) is 12.1 Å². The Labute approximate surface area is 92.6 Å². The maximum Gasteiger partial charge on any atom is 0.145 e. The fraction of sp³-hybridized carbons (Fsp3) is 0.455. The predicted octanol–water partition coefficient (Wildman–Crippen LogP) is 2.77. The van der Waals surface area contributed by atoms with Crippen molar-refractivity contribution in [3.05, 3.63) is 29.0 Å². The Kier molecular flexibility index (Phi) is 3.12. The number of aliphatic hydroxyl groups excluding tert-OH is 1. The molecular formula is C11H12ClFO2. The van der Waals surface area contributed by atoms with Crippen LogP contribution in [0.5, 0.6) is 5.75 Å². The second-order valence-corrected chi connectivity index (χ2v) is 4.14. The molecule has 0 spiro atoms. The molecule has 82 valence electrons. The number of hydrogen-bond acceptors (Lipinski definition) is 2. The van der Waals surface area contributed by atoms with E-state index in [-0.39, 0.29) is 11.1 Å². The van der Waals surface area contributed by atoms with Gasteiger partial charge in [0.25, 0.3) is 0 Å². The van der Waals surface area contributed by atoms with Gasteiger partial charge in [-0.1, -0.05) is 11.6 Å². The van der Waals surface area contributed by atoms with E-state index in [4.69, 9.17) is 16.3 Å². The van der Waals surface area contributed by atoms with E-state index in [0.29, 0.717) is 5.75 Å². The van der Waals surface area contributed by atoms with Gasteiger partial charge < -0.3 is 9.84 Å². The van der Waals surface area contributed by atoms with Crippen molar-refractivity contribution in [1.29, 1.82) is 0 Å². The van der Waals surface area contributed by atoms with Crippen molar-refractivity contribution in [3.8, 4) is 5.75 Å². The molecule has 0 saturated heterocycles. The van der Waals surface area contributed by atoms with E-state index in [2.05, 4.69) is 0 Å². The summed E-state index contributed by atoms with van der Waals surface area (Å²) in [5.41, 5.74) is 0. The number of hydrogen-bond donors (Lipinski definition) is 1. The third-order valence-electron chi connectivity index (χ3n) is 2.60. The van der Waals surface area contributed by atoms with Crippen molar-refractivity contribution in [3.63, 3.8) is 0 Å². The summed E-state index contributed by atoms with van der Waals surface area (Å²) in [5, 5.41) is 9.61. The molecule has 2 nitrogen and oxygen atoms in total. The molecule has 0 bridgehead atoms. The van der Waals surface area contributed by atoms with Crippen LogP contribution in [0.3, 0.4) is 0 Å². The summed E-state index contributed by atoms with van der Waals surface area (Å²) in [4.78, 5) is 0. The van der Waals surface area contributed by atoms with Crippen LogP contribution < -0.4 is 4.74 Å². The van der Waals surface area contributed by atoms with E-state index < -0.39 is 11.9 Å². The molecule has 0 heterocycles. The monoisotopic (exact) mass is 230 g/mol. The van der Waals surface area contributed by atoms with Crippen LogP contribution in [-0.2, 0) is 0 Å². The first-order valence-corrected chi connectivity index (χ1v) is 5.34. The van der Waals surface area contributed by atoms with Gasteiger partial charge in [-0.2, -0.15) is 0 Å². The normalized spacial score (nSPS) is 25.5. The average Bonchev–Trinajstić information content (AvgIpc) is 2.59. The lowest BCUT2D eigenvalue weighted by Crippen LogP contribution is -2.25. The summed E-state index contributed by atoms with van der Waals surface area (Å²) in [7, 11) is 0. The number of ether oxygens (including phenoxy) is 1. The fourth-order valence-electron chi connectivity index (χ4n) is 1.77. The summed E-state index contributed by atoms with van der Waals surface area (Å²) in [6.07, 6.45) is 1.85. The van der Waals surface area contributed by atoms with Crippen molar-refractivity contribution in [1.82, 2.24) is 0 Å². The molecule has 4 heteroatoms. The fourth-order valence-corrected chi connectivity index (χ4v) is 1.89. The number of benzene rings is 1. The van der Waals surface area contributed by atoms with Crippen LogP contribution in [0.2, 0.25) is 5.02 Å².